The normalized spacial score (nSPS) is 15.1. The molecule has 1 aliphatic carbocycles. The van der Waals surface area contributed by atoms with Crippen molar-refractivity contribution >= 4 is 22.5 Å². The average molecular weight is 553 g/mol. The number of fused-ring (bicyclic) bond motifs is 1. The molecule has 1 saturated carbocycles. The third kappa shape index (κ3) is 5.21. The Morgan fingerprint density at radius 2 is 1.72 bits per heavy atom. The Morgan fingerprint density at radius 1 is 0.949 bits per heavy atom. The van der Waals surface area contributed by atoms with Gasteiger partial charge in [0, 0.05) is 28.5 Å². The van der Waals surface area contributed by atoms with Crippen LogP contribution in [0, 0.1) is 23.4 Å². The fourth-order valence-corrected chi connectivity index (χ4v) is 5.43. The molecule has 1 aliphatic rings. The summed E-state index contributed by atoms with van der Waals surface area (Å²) in [6, 6.07) is 13.8. The Hall–Kier alpha value is -3.92. The van der Waals surface area contributed by atoms with Crippen molar-refractivity contribution < 1.29 is 17.9 Å². The van der Waals surface area contributed by atoms with Crippen LogP contribution in [-0.2, 0) is 6.42 Å². The van der Waals surface area contributed by atoms with Gasteiger partial charge in [-0.05, 0) is 72.5 Å². The second kappa shape index (κ2) is 10.7. The van der Waals surface area contributed by atoms with Gasteiger partial charge in [0.25, 0.3) is 0 Å². The molecule has 7 nitrogen and oxygen atoms in total. The largest absolute Gasteiger partial charge is 0.487 e. The molecule has 2 aromatic heterocycles. The molecule has 3 aromatic carbocycles. The van der Waals surface area contributed by atoms with E-state index in [0.29, 0.717) is 39.3 Å². The van der Waals surface area contributed by atoms with Crippen molar-refractivity contribution in [1.82, 2.24) is 30.4 Å². The number of aromatic amines is 1. The summed E-state index contributed by atoms with van der Waals surface area (Å²) < 4.78 is 51.8. The van der Waals surface area contributed by atoms with E-state index in [1.54, 1.807) is 41.1 Å². The van der Waals surface area contributed by atoms with Gasteiger partial charge in [-0.2, -0.15) is 10.3 Å². The van der Waals surface area contributed by atoms with E-state index in [2.05, 4.69) is 25.7 Å². The third-order valence-electron chi connectivity index (χ3n) is 7.27. The molecule has 0 aliphatic heterocycles. The summed E-state index contributed by atoms with van der Waals surface area (Å²) in [5.74, 6) is -1.98. The Balaban J connectivity index is 1.40. The minimum absolute atomic E-state index is 0.0944. The van der Waals surface area contributed by atoms with Gasteiger partial charge >= 0.3 is 0 Å². The Labute approximate surface area is 226 Å². The molecule has 0 saturated heterocycles. The van der Waals surface area contributed by atoms with Crippen molar-refractivity contribution in [3.8, 4) is 22.8 Å². The number of halogens is 4. The minimum atomic E-state index is -0.973. The Morgan fingerprint density at radius 3 is 2.44 bits per heavy atom. The van der Waals surface area contributed by atoms with Crippen LogP contribution >= 0.6 is 11.6 Å². The van der Waals surface area contributed by atoms with Gasteiger partial charge in [0.15, 0.2) is 23.2 Å². The molecule has 11 heteroatoms. The molecule has 39 heavy (non-hydrogen) atoms. The fraction of sp³-hybridized carbons (Fsp3) is 0.286. The van der Waals surface area contributed by atoms with Crippen molar-refractivity contribution in [3.05, 3.63) is 82.8 Å². The lowest BCUT2D eigenvalue weighted by Gasteiger charge is -2.31. The quantitative estimate of drug-likeness (QED) is 0.239. The number of nitrogens with one attached hydrogen (secondary N) is 1. The van der Waals surface area contributed by atoms with E-state index in [1.807, 2.05) is 0 Å². The minimum Gasteiger partial charge on any atom is -0.487 e. The lowest BCUT2D eigenvalue weighted by molar-refractivity contribution is 0.102. The van der Waals surface area contributed by atoms with Crippen LogP contribution < -0.4 is 4.74 Å². The standard InChI is InChI=1S/C28H24ClF3N6O/c29-18-7-9-19(10-8-18)38-25(20-13-21(30)22(31)14-24(20)35-38)15-27(16-4-2-1-3-5-16)39-26-11-6-17(12-23(26)32)28-33-36-37-34-28/h6-14,16,27H,1-5,15H2,(H,33,34,36,37). The lowest BCUT2D eigenvalue weighted by Crippen LogP contribution is -2.32. The Bertz CT molecular complexity index is 1600. The number of ether oxygens (including phenoxy) is 1. The van der Waals surface area contributed by atoms with Crippen LogP contribution in [0.4, 0.5) is 13.2 Å². The molecule has 6 rings (SSSR count). The zero-order chi connectivity index (χ0) is 26.9. The summed E-state index contributed by atoms with van der Waals surface area (Å²) >= 11 is 6.10. The molecule has 0 radical (unpaired) electrons. The zero-order valence-electron chi connectivity index (χ0n) is 20.7. The molecule has 0 bridgehead atoms. The number of hydrogen-bond donors (Lipinski definition) is 1. The predicted molar refractivity (Wildman–Crippen MR) is 140 cm³/mol. The SMILES string of the molecule is Fc1cc2nn(-c3ccc(Cl)cc3)c(CC(Oc3ccc(-c4nn[nH]n4)cc3F)C3CCCCC3)c2cc1F. The number of H-pyrrole nitrogens is 1. The number of hydrogen-bond acceptors (Lipinski definition) is 5. The summed E-state index contributed by atoms with van der Waals surface area (Å²) in [4.78, 5) is 0. The summed E-state index contributed by atoms with van der Waals surface area (Å²) in [5.41, 5.74) is 2.11. The van der Waals surface area contributed by atoms with Crippen LogP contribution in [0.25, 0.3) is 28.0 Å². The fourth-order valence-electron chi connectivity index (χ4n) is 5.31. The smallest absolute Gasteiger partial charge is 0.204 e. The maximum absolute atomic E-state index is 15.2. The topological polar surface area (TPSA) is 81.5 Å². The lowest BCUT2D eigenvalue weighted by atomic mass is 9.83. The number of tetrazole rings is 1. The van der Waals surface area contributed by atoms with Crippen LogP contribution in [0.1, 0.15) is 37.8 Å². The number of benzene rings is 3. The highest BCUT2D eigenvalue weighted by Gasteiger charge is 2.29. The summed E-state index contributed by atoms with van der Waals surface area (Å²) in [6.45, 7) is 0. The number of aromatic nitrogens is 6. The number of rotatable bonds is 7. The van der Waals surface area contributed by atoms with Gasteiger partial charge in [-0.25, -0.2) is 17.9 Å². The van der Waals surface area contributed by atoms with Gasteiger partial charge in [-0.3, -0.25) is 0 Å². The Kier molecular flexibility index (Phi) is 6.95. The molecule has 1 unspecified atom stereocenters. The first-order valence-corrected chi connectivity index (χ1v) is 13.2. The average Bonchev–Trinajstić information content (AvgIpc) is 3.60. The highest BCUT2D eigenvalue weighted by molar-refractivity contribution is 6.30. The van der Waals surface area contributed by atoms with E-state index in [4.69, 9.17) is 16.3 Å². The number of nitrogens with zero attached hydrogens (tertiary/aromatic N) is 5. The van der Waals surface area contributed by atoms with E-state index in [-0.39, 0.29) is 17.5 Å². The second-order valence-electron chi connectivity index (χ2n) is 9.76. The van der Waals surface area contributed by atoms with Crippen LogP contribution in [0.3, 0.4) is 0 Å². The first-order chi connectivity index (χ1) is 19.0. The maximum atomic E-state index is 15.2. The molecule has 1 N–H and O–H groups in total. The molecule has 200 valence electrons. The van der Waals surface area contributed by atoms with Crippen LogP contribution in [0.5, 0.6) is 5.75 Å². The molecular weight excluding hydrogens is 529 g/mol. The van der Waals surface area contributed by atoms with Gasteiger partial charge in [0.05, 0.1) is 16.9 Å². The highest BCUT2D eigenvalue weighted by atomic mass is 35.5. The van der Waals surface area contributed by atoms with Crippen LogP contribution in [-0.4, -0.2) is 36.5 Å². The van der Waals surface area contributed by atoms with Crippen LogP contribution in [0.2, 0.25) is 5.02 Å². The van der Waals surface area contributed by atoms with Gasteiger partial charge in [-0.1, -0.05) is 30.9 Å². The molecule has 0 amide bonds. The van der Waals surface area contributed by atoms with E-state index in [0.717, 1.165) is 44.2 Å². The summed E-state index contributed by atoms with van der Waals surface area (Å²) in [7, 11) is 0. The first kappa shape index (κ1) is 25.4. The summed E-state index contributed by atoms with van der Waals surface area (Å²) in [6.07, 6.45) is 4.93. The van der Waals surface area contributed by atoms with Gasteiger partial charge < -0.3 is 4.74 Å². The second-order valence-corrected chi connectivity index (χ2v) is 10.2. The van der Waals surface area contributed by atoms with Crippen molar-refractivity contribution in [1.29, 1.82) is 0 Å². The highest BCUT2D eigenvalue weighted by Crippen LogP contribution is 2.35. The molecule has 0 spiro atoms. The molecule has 1 fully saturated rings. The monoisotopic (exact) mass is 552 g/mol. The molecular formula is C28H24ClF3N6O. The molecule has 5 aromatic rings. The first-order valence-electron chi connectivity index (χ1n) is 12.8. The van der Waals surface area contributed by atoms with Gasteiger partial charge in [-0.15, -0.1) is 10.2 Å². The van der Waals surface area contributed by atoms with E-state index in [9.17, 15) is 8.78 Å². The van der Waals surface area contributed by atoms with E-state index < -0.39 is 23.6 Å². The zero-order valence-corrected chi connectivity index (χ0v) is 21.5. The molecule has 1 atom stereocenters. The van der Waals surface area contributed by atoms with Gasteiger partial charge in [0.1, 0.15) is 6.10 Å². The third-order valence-corrected chi connectivity index (χ3v) is 7.52. The van der Waals surface area contributed by atoms with E-state index in [1.165, 1.54) is 6.07 Å². The van der Waals surface area contributed by atoms with Crippen molar-refractivity contribution in [2.75, 3.05) is 0 Å². The van der Waals surface area contributed by atoms with E-state index >= 15 is 4.39 Å². The maximum Gasteiger partial charge on any atom is 0.204 e. The predicted octanol–water partition coefficient (Wildman–Crippen LogP) is 6.85. The van der Waals surface area contributed by atoms with Gasteiger partial charge in [0.2, 0.25) is 5.82 Å². The summed E-state index contributed by atoms with van der Waals surface area (Å²) in [5, 5.41) is 19.3. The van der Waals surface area contributed by atoms with Crippen molar-refractivity contribution in [3.63, 3.8) is 0 Å². The van der Waals surface area contributed by atoms with Crippen molar-refractivity contribution in [2.24, 2.45) is 5.92 Å². The van der Waals surface area contributed by atoms with Crippen molar-refractivity contribution in [2.45, 2.75) is 44.6 Å². The van der Waals surface area contributed by atoms with Crippen LogP contribution in [0.15, 0.2) is 54.6 Å². The molecule has 2 heterocycles.